The predicted octanol–water partition coefficient (Wildman–Crippen LogP) is 4.37. The Labute approximate surface area is 118 Å². The molecule has 0 atom stereocenters. The SMILES string of the molecule is CCCC1(CNCc2cc(Cl)cc(Cl)c2O)CC1. The van der Waals surface area contributed by atoms with Crippen molar-refractivity contribution in [3.05, 3.63) is 27.7 Å². The number of hydrogen-bond acceptors (Lipinski definition) is 2. The average molecular weight is 288 g/mol. The second-order valence-corrected chi connectivity index (χ2v) is 6.09. The van der Waals surface area contributed by atoms with Crippen LogP contribution in [0.5, 0.6) is 5.75 Å². The van der Waals surface area contributed by atoms with Gasteiger partial charge in [-0.05, 0) is 36.8 Å². The summed E-state index contributed by atoms with van der Waals surface area (Å²) in [6.45, 7) is 3.84. The number of phenols is 1. The summed E-state index contributed by atoms with van der Waals surface area (Å²) in [5.74, 6) is 0.133. The molecule has 0 bridgehead atoms. The molecule has 0 saturated heterocycles. The highest BCUT2D eigenvalue weighted by Crippen LogP contribution is 2.49. The van der Waals surface area contributed by atoms with Crippen molar-refractivity contribution in [3.8, 4) is 5.75 Å². The second kappa shape index (κ2) is 5.68. The zero-order valence-corrected chi connectivity index (χ0v) is 12.1. The summed E-state index contributed by atoms with van der Waals surface area (Å²) in [6, 6.07) is 3.32. The van der Waals surface area contributed by atoms with Gasteiger partial charge in [0.1, 0.15) is 5.75 Å². The first-order chi connectivity index (χ1) is 8.56. The van der Waals surface area contributed by atoms with Crippen molar-refractivity contribution < 1.29 is 5.11 Å². The van der Waals surface area contributed by atoms with Crippen molar-refractivity contribution in [2.45, 2.75) is 39.2 Å². The Morgan fingerprint density at radius 2 is 2.06 bits per heavy atom. The molecule has 0 heterocycles. The van der Waals surface area contributed by atoms with Crippen LogP contribution in [0, 0.1) is 5.41 Å². The lowest BCUT2D eigenvalue weighted by molar-refractivity contribution is 0.414. The van der Waals surface area contributed by atoms with Crippen LogP contribution in [0.1, 0.15) is 38.2 Å². The zero-order chi connectivity index (χ0) is 13.2. The standard InChI is InChI=1S/C14H19Cl2NO/c1-2-3-14(4-5-14)9-17-8-10-6-11(15)7-12(16)13(10)18/h6-7,17-18H,2-5,8-9H2,1H3. The van der Waals surface area contributed by atoms with E-state index in [0.717, 1.165) is 12.1 Å². The lowest BCUT2D eigenvalue weighted by Crippen LogP contribution is -2.23. The third kappa shape index (κ3) is 3.31. The topological polar surface area (TPSA) is 32.3 Å². The van der Waals surface area contributed by atoms with Crippen molar-refractivity contribution in [2.75, 3.05) is 6.54 Å². The van der Waals surface area contributed by atoms with E-state index in [1.54, 1.807) is 12.1 Å². The second-order valence-electron chi connectivity index (χ2n) is 5.25. The van der Waals surface area contributed by atoms with E-state index >= 15 is 0 Å². The molecule has 18 heavy (non-hydrogen) atoms. The highest BCUT2D eigenvalue weighted by atomic mass is 35.5. The molecule has 2 rings (SSSR count). The summed E-state index contributed by atoms with van der Waals surface area (Å²) in [5, 5.41) is 14.1. The van der Waals surface area contributed by atoms with Gasteiger partial charge in [0.15, 0.2) is 0 Å². The first kappa shape index (κ1) is 14.0. The Balaban J connectivity index is 1.91. The quantitative estimate of drug-likeness (QED) is 0.814. The van der Waals surface area contributed by atoms with Gasteiger partial charge in [-0.15, -0.1) is 0 Å². The summed E-state index contributed by atoms with van der Waals surface area (Å²) in [7, 11) is 0. The van der Waals surface area contributed by atoms with Gasteiger partial charge >= 0.3 is 0 Å². The van der Waals surface area contributed by atoms with E-state index in [4.69, 9.17) is 23.2 Å². The molecule has 2 nitrogen and oxygen atoms in total. The molecular formula is C14H19Cl2NO. The minimum absolute atomic E-state index is 0.133. The Kier molecular flexibility index (Phi) is 4.41. The maximum Gasteiger partial charge on any atom is 0.138 e. The monoisotopic (exact) mass is 287 g/mol. The van der Waals surface area contributed by atoms with Crippen molar-refractivity contribution >= 4 is 23.2 Å². The molecule has 1 fully saturated rings. The van der Waals surface area contributed by atoms with Crippen LogP contribution in [0.2, 0.25) is 10.0 Å². The summed E-state index contributed by atoms with van der Waals surface area (Å²) >= 11 is 11.8. The lowest BCUT2D eigenvalue weighted by atomic mass is 10.0. The number of hydrogen-bond donors (Lipinski definition) is 2. The van der Waals surface area contributed by atoms with Crippen LogP contribution in [0.4, 0.5) is 0 Å². The number of aromatic hydroxyl groups is 1. The van der Waals surface area contributed by atoms with E-state index in [1.165, 1.54) is 25.7 Å². The smallest absolute Gasteiger partial charge is 0.138 e. The fraction of sp³-hybridized carbons (Fsp3) is 0.571. The number of rotatable bonds is 6. The van der Waals surface area contributed by atoms with Gasteiger partial charge in [0.25, 0.3) is 0 Å². The molecule has 0 radical (unpaired) electrons. The summed E-state index contributed by atoms with van der Waals surface area (Å²) in [6.07, 6.45) is 5.14. The normalized spacial score (nSPS) is 16.8. The maximum atomic E-state index is 9.84. The fourth-order valence-electron chi connectivity index (χ4n) is 2.44. The molecule has 0 aliphatic heterocycles. The predicted molar refractivity (Wildman–Crippen MR) is 76.4 cm³/mol. The van der Waals surface area contributed by atoms with Gasteiger partial charge in [0.2, 0.25) is 0 Å². The molecule has 1 aliphatic rings. The molecule has 0 spiro atoms. The Morgan fingerprint density at radius 3 is 2.67 bits per heavy atom. The molecule has 2 N–H and O–H groups in total. The van der Waals surface area contributed by atoms with Crippen molar-refractivity contribution in [1.29, 1.82) is 0 Å². The highest BCUT2D eigenvalue weighted by Gasteiger charge is 2.40. The highest BCUT2D eigenvalue weighted by molar-refractivity contribution is 6.35. The van der Waals surface area contributed by atoms with E-state index < -0.39 is 0 Å². The molecule has 1 aliphatic carbocycles. The Hall–Kier alpha value is -0.440. The van der Waals surface area contributed by atoms with Gasteiger partial charge in [-0.25, -0.2) is 0 Å². The lowest BCUT2D eigenvalue weighted by Gasteiger charge is -2.15. The number of benzene rings is 1. The minimum Gasteiger partial charge on any atom is -0.506 e. The summed E-state index contributed by atoms with van der Waals surface area (Å²) in [5.41, 5.74) is 1.27. The molecule has 0 aromatic heterocycles. The van der Waals surface area contributed by atoms with Crippen molar-refractivity contribution in [1.82, 2.24) is 5.32 Å². The number of halogens is 2. The average Bonchev–Trinajstić information content (AvgIpc) is 3.06. The van der Waals surface area contributed by atoms with E-state index in [9.17, 15) is 5.11 Å². The van der Waals surface area contributed by atoms with Crippen LogP contribution < -0.4 is 5.32 Å². The largest absolute Gasteiger partial charge is 0.506 e. The van der Waals surface area contributed by atoms with Gasteiger partial charge in [-0.3, -0.25) is 0 Å². The maximum absolute atomic E-state index is 9.84. The molecule has 4 heteroatoms. The van der Waals surface area contributed by atoms with Gasteiger partial charge in [0, 0.05) is 23.7 Å². The number of phenolic OH excluding ortho intramolecular Hbond substituents is 1. The van der Waals surface area contributed by atoms with Crippen LogP contribution in [-0.2, 0) is 6.54 Å². The van der Waals surface area contributed by atoms with Crippen molar-refractivity contribution in [2.24, 2.45) is 5.41 Å². The van der Waals surface area contributed by atoms with Crippen LogP contribution >= 0.6 is 23.2 Å². The van der Waals surface area contributed by atoms with E-state index in [1.807, 2.05) is 0 Å². The van der Waals surface area contributed by atoms with Crippen LogP contribution in [0.15, 0.2) is 12.1 Å². The molecule has 1 saturated carbocycles. The van der Waals surface area contributed by atoms with Gasteiger partial charge < -0.3 is 10.4 Å². The van der Waals surface area contributed by atoms with E-state index in [0.29, 0.717) is 22.0 Å². The molecule has 0 amide bonds. The van der Waals surface area contributed by atoms with Gasteiger partial charge in [-0.1, -0.05) is 36.5 Å². The first-order valence-corrected chi connectivity index (χ1v) is 7.19. The molecular weight excluding hydrogens is 269 g/mol. The van der Waals surface area contributed by atoms with Gasteiger partial charge in [0.05, 0.1) is 5.02 Å². The molecule has 100 valence electrons. The van der Waals surface area contributed by atoms with Crippen LogP contribution in [0.25, 0.3) is 0 Å². The summed E-state index contributed by atoms with van der Waals surface area (Å²) < 4.78 is 0. The molecule has 1 aromatic rings. The van der Waals surface area contributed by atoms with E-state index in [-0.39, 0.29) is 5.75 Å². The van der Waals surface area contributed by atoms with Gasteiger partial charge in [-0.2, -0.15) is 0 Å². The third-order valence-corrected chi connectivity index (χ3v) is 4.17. The van der Waals surface area contributed by atoms with Crippen LogP contribution in [-0.4, -0.2) is 11.7 Å². The fourth-order valence-corrected chi connectivity index (χ4v) is 2.97. The Morgan fingerprint density at radius 1 is 1.33 bits per heavy atom. The van der Waals surface area contributed by atoms with E-state index in [2.05, 4.69) is 12.2 Å². The first-order valence-electron chi connectivity index (χ1n) is 6.44. The zero-order valence-electron chi connectivity index (χ0n) is 10.6. The molecule has 0 unspecified atom stereocenters. The minimum atomic E-state index is 0.133. The third-order valence-electron chi connectivity index (χ3n) is 3.66. The van der Waals surface area contributed by atoms with Crippen molar-refractivity contribution in [3.63, 3.8) is 0 Å². The molecule has 1 aromatic carbocycles. The van der Waals surface area contributed by atoms with Crippen LogP contribution in [0.3, 0.4) is 0 Å². The summed E-state index contributed by atoms with van der Waals surface area (Å²) in [4.78, 5) is 0. The number of nitrogens with one attached hydrogen (secondary N) is 1. The Bertz CT molecular complexity index is 430.